The van der Waals surface area contributed by atoms with Gasteiger partial charge in [0, 0.05) is 51.2 Å². The molecule has 1 aliphatic rings. The summed E-state index contributed by atoms with van der Waals surface area (Å²) in [5.41, 5.74) is 2.50. The van der Waals surface area contributed by atoms with Crippen LogP contribution in [0, 0.1) is 25.2 Å². The largest absolute Gasteiger partial charge is 0.424 e. The molecule has 0 bridgehead atoms. The van der Waals surface area contributed by atoms with Crippen molar-refractivity contribution in [2.24, 2.45) is 0 Å². The van der Waals surface area contributed by atoms with Crippen LogP contribution in [0.1, 0.15) is 17.1 Å². The van der Waals surface area contributed by atoms with Gasteiger partial charge in [0.15, 0.2) is 11.0 Å². The lowest BCUT2D eigenvalue weighted by atomic mass is 10.2. The molecular formula is C21H22N6O2S. The number of anilines is 1. The average Bonchev–Trinajstić information content (AvgIpc) is 3.38. The van der Waals surface area contributed by atoms with E-state index in [0.29, 0.717) is 49.4 Å². The Morgan fingerprint density at radius 2 is 2.07 bits per heavy atom. The molecule has 1 fully saturated rings. The molecule has 2 aromatic heterocycles. The second kappa shape index (κ2) is 8.63. The van der Waals surface area contributed by atoms with Gasteiger partial charge in [0.2, 0.25) is 17.5 Å². The van der Waals surface area contributed by atoms with Crippen molar-refractivity contribution in [1.82, 2.24) is 19.4 Å². The number of rotatable bonds is 5. The molecule has 4 rings (SSSR count). The highest BCUT2D eigenvalue weighted by atomic mass is 32.2. The summed E-state index contributed by atoms with van der Waals surface area (Å²) in [7, 11) is 0. The molecule has 0 radical (unpaired) electrons. The molecule has 1 aromatic carbocycles. The SMILES string of the molecule is Cc1cccc(-n2ccnc2SCC(=O)N2CCN(c3oc(C)nc3C#N)CC2)c1. The van der Waals surface area contributed by atoms with Crippen LogP contribution in [-0.2, 0) is 4.79 Å². The number of nitrogens with zero attached hydrogens (tertiary/aromatic N) is 6. The first kappa shape index (κ1) is 20.0. The summed E-state index contributed by atoms with van der Waals surface area (Å²) in [6.45, 7) is 6.15. The third-order valence-electron chi connectivity index (χ3n) is 4.95. The van der Waals surface area contributed by atoms with E-state index in [1.807, 2.05) is 32.7 Å². The minimum absolute atomic E-state index is 0.0766. The molecule has 8 nitrogen and oxygen atoms in total. The molecule has 0 N–H and O–H groups in total. The standard InChI is InChI=1S/C21H22N6O2S/c1-15-4-3-5-17(12-15)27-7-6-23-21(27)30-14-19(28)25-8-10-26(11-9-25)20-18(13-22)24-16(2)29-20/h3-7,12H,8-11,14H2,1-2H3. The molecular weight excluding hydrogens is 400 g/mol. The lowest BCUT2D eigenvalue weighted by molar-refractivity contribution is -0.128. The third kappa shape index (κ3) is 4.19. The average molecular weight is 423 g/mol. The predicted molar refractivity (Wildman–Crippen MR) is 114 cm³/mol. The highest BCUT2D eigenvalue weighted by Gasteiger charge is 2.26. The number of aryl methyl sites for hydroxylation is 2. The molecule has 30 heavy (non-hydrogen) atoms. The molecule has 3 aromatic rings. The number of oxazole rings is 1. The number of amides is 1. The minimum atomic E-state index is 0.0766. The van der Waals surface area contributed by atoms with Crippen molar-refractivity contribution in [2.45, 2.75) is 19.0 Å². The number of piperazine rings is 1. The highest BCUT2D eigenvalue weighted by molar-refractivity contribution is 7.99. The lowest BCUT2D eigenvalue weighted by Crippen LogP contribution is -2.49. The molecule has 0 saturated carbocycles. The van der Waals surface area contributed by atoms with E-state index in [0.717, 1.165) is 10.8 Å². The van der Waals surface area contributed by atoms with E-state index in [2.05, 4.69) is 35.1 Å². The second-order valence-corrected chi connectivity index (χ2v) is 8.02. The maximum absolute atomic E-state index is 12.7. The van der Waals surface area contributed by atoms with E-state index >= 15 is 0 Å². The monoisotopic (exact) mass is 422 g/mol. The van der Waals surface area contributed by atoms with E-state index in [1.165, 1.54) is 17.3 Å². The molecule has 1 saturated heterocycles. The van der Waals surface area contributed by atoms with Crippen molar-refractivity contribution in [1.29, 1.82) is 5.26 Å². The Morgan fingerprint density at radius 3 is 2.80 bits per heavy atom. The van der Waals surface area contributed by atoms with Gasteiger partial charge in [0.25, 0.3) is 0 Å². The van der Waals surface area contributed by atoms with E-state index in [-0.39, 0.29) is 5.91 Å². The van der Waals surface area contributed by atoms with Crippen LogP contribution in [0.25, 0.3) is 5.69 Å². The predicted octanol–water partition coefficient (Wildman–Crippen LogP) is 2.79. The van der Waals surface area contributed by atoms with Crippen molar-refractivity contribution in [3.63, 3.8) is 0 Å². The summed E-state index contributed by atoms with van der Waals surface area (Å²) < 4.78 is 7.57. The van der Waals surface area contributed by atoms with E-state index in [9.17, 15) is 10.1 Å². The van der Waals surface area contributed by atoms with Crippen molar-refractivity contribution in [3.8, 4) is 11.8 Å². The van der Waals surface area contributed by atoms with Crippen LogP contribution in [0.5, 0.6) is 0 Å². The van der Waals surface area contributed by atoms with Gasteiger partial charge in [-0.25, -0.2) is 9.97 Å². The van der Waals surface area contributed by atoms with Gasteiger partial charge in [-0.2, -0.15) is 5.26 Å². The lowest BCUT2D eigenvalue weighted by Gasteiger charge is -2.34. The van der Waals surface area contributed by atoms with Crippen LogP contribution in [0.4, 0.5) is 5.88 Å². The fourth-order valence-electron chi connectivity index (χ4n) is 3.45. The molecule has 0 aliphatic carbocycles. The maximum Gasteiger partial charge on any atom is 0.234 e. The van der Waals surface area contributed by atoms with Gasteiger partial charge < -0.3 is 14.2 Å². The quantitative estimate of drug-likeness (QED) is 0.584. The molecule has 154 valence electrons. The summed E-state index contributed by atoms with van der Waals surface area (Å²) in [5, 5.41) is 10.0. The summed E-state index contributed by atoms with van der Waals surface area (Å²) in [6, 6.07) is 10.2. The summed E-state index contributed by atoms with van der Waals surface area (Å²) in [6.07, 6.45) is 3.66. The Kier molecular flexibility index (Phi) is 5.77. The number of nitriles is 1. The number of imidazole rings is 1. The molecule has 1 aliphatic heterocycles. The molecule has 1 amide bonds. The van der Waals surface area contributed by atoms with Gasteiger partial charge >= 0.3 is 0 Å². The smallest absolute Gasteiger partial charge is 0.234 e. The van der Waals surface area contributed by atoms with Gasteiger partial charge in [-0.3, -0.25) is 9.36 Å². The normalized spacial score (nSPS) is 14.0. The fourth-order valence-corrected chi connectivity index (χ4v) is 4.33. The Bertz CT molecular complexity index is 1090. The number of benzene rings is 1. The van der Waals surface area contributed by atoms with Crippen LogP contribution in [0.3, 0.4) is 0 Å². The Hall–Kier alpha value is -3.25. The summed E-state index contributed by atoms with van der Waals surface area (Å²) >= 11 is 1.44. The van der Waals surface area contributed by atoms with Gasteiger partial charge in [-0.15, -0.1) is 0 Å². The van der Waals surface area contributed by atoms with Crippen molar-refractivity contribution >= 4 is 23.6 Å². The number of carbonyl (C=O) groups is 1. The Labute approximate surface area is 179 Å². The first-order chi connectivity index (χ1) is 14.5. The van der Waals surface area contributed by atoms with Gasteiger partial charge in [-0.1, -0.05) is 23.9 Å². The van der Waals surface area contributed by atoms with Crippen molar-refractivity contribution in [3.05, 3.63) is 53.8 Å². The number of thioether (sulfide) groups is 1. The zero-order valence-corrected chi connectivity index (χ0v) is 17.7. The van der Waals surface area contributed by atoms with Crippen molar-refractivity contribution in [2.75, 3.05) is 36.8 Å². The number of hydrogen-bond acceptors (Lipinski definition) is 7. The second-order valence-electron chi connectivity index (χ2n) is 7.07. The molecule has 0 atom stereocenters. The van der Waals surface area contributed by atoms with Gasteiger partial charge in [0.05, 0.1) is 5.75 Å². The minimum Gasteiger partial charge on any atom is -0.424 e. The van der Waals surface area contributed by atoms with E-state index in [4.69, 9.17) is 4.42 Å². The van der Waals surface area contributed by atoms with Gasteiger partial charge in [-0.05, 0) is 24.6 Å². The first-order valence-corrected chi connectivity index (χ1v) is 10.7. The van der Waals surface area contributed by atoms with Crippen molar-refractivity contribution < 1.29 is 9.21 Å². The fraction of sp³-hybridized carbons (Fsp3) is 0.333. The Balaban J connectivity index is 1.34. The van der Waals surface area contributed by atoms with Crippen LogP contribution in [0.2, 0.25) is 0 Å². The molecule has 9 heteroatoms. The van der Waals surface area contributed by atoms with Gasteiger partial charge in [0.1, 0.15) is 6.07 Å². The number of hydrogen-bond donors (Lipinski definition) is 0. The zero-order valence-electron chi connectivity index (χ0n) is 16.9. The molecule has 3 heterocycles. The van der Waals surface area contributed by atoms with E-state index < -0.39 is 0 Å². The zero-order chi connectivity index (χ0) is 21.1. The highest BCUT2D eigenvalue weighted by Crippen LogP contribution is 2.24. The molecule has 0 unspecified atom stereocenters. The first-order valence-electron chi connectivity index (χ1n) is 9.68. The number of aromatic nitrogens is 3. The van der Waals surface area contributed by atoms with E-state index in [1.54, 1.807) is 13.1 Å². The number of carbonyl (C=O) groups excluding carboxylic acids is 1. The third-order valence-corrected chi connectivity index (χ3v) is 5.90. The summed E-state index contributed by atoms with van der Waals surface area (Å²) in [4.78, 5) is 25.0. The Morgan fingerprint density at radius 1 is 1.27 bits per heavy atom. The molecule has 0 spiro atoms. The van der Waals surface area contributed by atoms with Crippen LogP contribution in [-0.4, -0.2) is 57.3 Å². The van der Waals surface area contributed by atoms with Crippen LogP contribution in [0.15, 0.2) is 46.2 Å². The summed E-state index contributed by atoms with van der Waals surface area (Å²) in [5.74, 6) is 1.37. The maximum atomic E-state index is 12.7. The topological polar surface area (TPSA) is 91.2 Å². The van der Waals surface area contributed by atoms with Crippen LogP contribution < -0.4 is 4.90 Å². The van der Waals surface area contributed by atoms with Crippen LogP contribution >= 0.6 is 11.8 Å².